The molecule has 1 heterocycles. The van der Waals surface area contributed by atoms with E-state index in [1.165, 1.54) is 29.0 Å². The topological polar surface area (TPSA) is 38.0 Å². The van der Waals surface area contributed by atoms with Crippen molar-refractivity contribution < 1.29 is 0 Å². The molecule has 96 valence electrons. The molecule has 0 aliphatic heterocycles. The second-order valence-electron chi connectivity index (χ2n) is 5.04. The molecule has 2 unspecified atom stereocenters. The fourth-order valence-electron chi connectivity index (χ4n) is 2.78. The SMILES string of the molecule is CCc1ccc(CNCC2CCCC2CN)s1. The van der Waals surface area contributed by atoms with Crippen LogP contribution in [0.25, 0.3) is 0 Å². The van der Waals surface area contributed by atoms with E-state index in [4.69, 9.17) is 5.73 Å². The van der Waals surface area contributed by atoms with Gasteiger partial charge in [0.1, 0.15) is 0 Å². The molecule has 3 heteroatoms. The van der Waals surface area contributed by atoms with E-state index in [2.05, 4.69) is 24.4 Å². The molecule has 2 atom stereocenters. The van der Waals surface area contributed by atoms with Crippen LogP contribution in [-0.2, 0) is 13.0 Å². The smallest absolute Gasteiger partial charge is 0.0299 e. The molecule has 1 aromatic rings. The molecule has 0 saturated heterocycles. The number of hydrogen-bond acceptors (Lipinski definition) is 3. The molecule has 17 heavy (non-hydrogen) atoms. The molecular formula is C14H24N2S. The molecule has 1 saturated carbocycles. The molecule has 0 amide bonds. The average molecular weight is 252 g/mol. The van der Waals surface area contributed by atoms with Crippen LogP contribution in [0.3, 0.4) is 0 Å². The first-order chi connectivity index (χ1) is 8.33. The maximum absolute atomic E-state index is 5.80. The van der Waals surface area contributed by atoms with Gasteiger partial charge in [0.15, 0.2) is 0 Å². The van der Waals surface area contributed by atoms with Gasteiger partial charge in [-0.25, -0.2) is 0 Å². The summed E-state index contributed by atoms with van der Waals surface area (Å²) in [5, 5.41) is 3.60. The summed E-state index contributed by atoms with van der Waals surface area (Å²) >= 11 is 1.93. The van der Waals surface area contributed by atoms with Crippen LogP contribution >= 0.6 is 11.3 Å². The van der Waals surface area contributed by atoms with Crippen molar-refractivity contribution in [3.63, 3.8) is 0 Å². The van der Waals surface area contributed by atoms with E-state index in [1.54, 1.807) is 0 Å². The first kappa shape index (κ1) is 13.1. The molecule has 2 nitrogen and oxygen atoms in total. The largest absolute Gasteiger partial charge is 0.330 e. The van der Waals surface area contributed by atoms with Crippen molar-refractivity contribution >= 4 is 11.3 Å². The van der Waals surface area contributed by atoms with Crippen molar-refractivity contribution in [3.8, 4) is 0 Å². The van der Waals surface area contributed by atoms with Gasteiger partial charge in [0.2, 0.25) is 0 Å². The van der Waals surface area contributed by atoms with Gasteiger partial charge in [0.05, 0.1) is 0 Å². The van der Waals surface area contributed by atoms with Crippen LogP contribution < -0.4 is 11.1 Å². The number of aryl methyl sites for hydroxylation is 1. The van der Waals surface area contributed by atoms with Crippen LogP contribution in [0, 0.1) is 11.8 Å². The highest BCUT2D eigenvalue weighted by atomic mass is 32.1. The predicted octanol–water partition coefficient (Wildman–Crippen LogP) is 2.78. The molecule has 0 radical (unpaired) electrons. The lowest BCUT2D eigenvalue weighted by Gasteiger charge is -2.17. The molecule has 2 rings (SSSR count). The second-order valence-corrected chi connectivity index (χ2v) is 6.29. The zero-order valence-electron chi connectivity index (χ0n) is 10.7. The molecule has 1 aromatic heterocycles. The third-order valence-corrected chi connectivity index (χ3v) is 5.12. The molecule has 1 aliphatic carbocycles. The summed E-state index contributed by atoms with van der Waals surface area (Å²) in [4.78, 5) is 2.95. The van der Waals surface area contributed by atoms with Crippen LogP contribution in [0.15, 0.2) is 12.1 Å². The van der Waals surface area contributed by atoms with Gasteiger partial charge in [-0.3, -0.25) is 0 Å². The summed E-state index contributed by atoms with van der Waals surface area (Å²) in [6, 6.07) is 4.51. The zero-order valence-corrected chi connectivity index (χ0v) is 11.6. The maximum Gasteiger partial charge on any atom is 0.0299 e. The second kappa shape index (κ2) is 6.53. The van der Waals surface area contributed by atoms with E-state index < -0.39 is 0 Å². The average Bonchev–Trinajstić information content (AvgIpc) is 2.97. The number of hydrogen-bond donors (Lipinski definition) is 2. The van der Waals surface area contributed by atoms with Gasteiger partial charge < -0.3 is 11.1 Å². The molecular weight excluding hydrogens is 228 g/mol. The Hall–Kier alpha value is -0.380. The normalized spacial score (nSPS) is 24.4. The van der Waals surface area contributed by atoms with E-state index in [1.807, 2.05) is 11.3 Å². The van der Waals surface area contributed by atoms with E-state index in [-0.39, 0.29) is 0 Å². The summed E-state index contributed by atoms with van der Waals surface area (Å²) in [7, 11) is 0. The quantitative estimate of drug-likeness (QED) is 0.817. The first-order valence-electron chi connectivity index (χ1n) is 6.81. The monoisotopic (exact) mass is 252 g/mol. The Morgan fingerprint density at radius 1 is 1.29 bits per heavy atom. The highest BCUT2D eigenvalue weighted by Gasteiger charge is 2.25. The van der Waals surface area contributed by atoms with Crippen LogP contribution in [0.1, 0.15) is 35.9 Å². The van der Waals surface area contributed by atoms with Crippen molar-refractivity contribution in [1.29, 1.82) is 0 Å². The number of nitrogens with two attached hydrogens (primary N) is 1. The van der Waals surface area contributed by atoms with E-state index in [0.717, 1.165) is 37.9 Å². The minimum absolute atomic E-state index is 0.761. The lowest BCUT2D eigenvalue weighted by Crippen LogP contribution is -2.28. The van der Waals surface area contributed by atoms with E-state index >= 15 is 0 Å². The van der Waals surface area contributed by atoms with Gasteiger partial charge in [-0.1, -0.05) is 13.3 Å². The molecule has 0 spiro atoms. The van der Waals surface area contributed by atoms with Crippen LogP contribution in [-0.4, -0.2) is 13.1 Å². The Labute approximate surface area is 109 Å². The standard InChI is InChI=1S/C14H24N2S/c1-2-13-6-7-14(17-13)10-16-9-12-5-3-4-11(12)8-15/h6-7,11-12,16H,2-5,8-10,15H2,1H3. The van der Waals surface area contributed by atoms with Crippen molar-refractivity contribution in [2.24, 2.45) is 17.6 Å². The minimum Gasteiger partial charge on any atom is -0.330 e. The third kappa shape index (κ3) is 3.54. The lowest BCUT2D eigenvalue weighted by molar-refractivity contribution is 0.374. The first-order valence-corrected chi connectivity index (χ1v) is 7.63. The molecule has 0 bridgehead atoms. The summed E-state index contributed by atoms with van der Waals surface area (Å²) < 4.78 is 0. The fourth-order valence-corrected chi connectivity index (χ4v) is 3.71. The summed E-state index contributed by atoms with van der Waals surface area (Å²) in [5.74, 6) is 1.57. The van der Waals surface area contributed by atoms with Crippen LogP contribution in [0.4, 0.5) is 0 Å². The van der Waals surface area contributed by atoms with Gasteiger partial charge in [0.25, 0.3) is 0 Å². The van der Waals surface area contributed by atoms with Crippen molar-refractivity contribution in [2.45, 2.75) is 39.2 Å². The third-order valence-electron chi connectivity index (χ3n) is 3.89. The van der Waals surface area contributed by atoms with E-state index in [0.29, 0.717) is 0 Å². The summed E-state index contributed by atoms with van der Waals surface area (Å²) in [5.41, 5.74) is 5.80. The Bertz CT molecular complexity index is 335. The molecule has 1 fully saturated rings. The van der Waals surface area contributed by atoms with Crippen LogP contribution in [0.2, 0.25) is 0 Å². The number of nitrogens with one attached hydrogen (secondary N) is 1. The van der Waals surface area contributed by atoms with Crippen LogP contribution in [0.5, 0.6) is 0 Å². The lowest BCUT2D eigenvalue weighted by atomic mass is 9.96. The summed E-state index contributed by atoms with van der Waals surface area (Å²) in [6.07, 6.45) is 5.22. The Morgan fingerprint density at radius 2 is 2.06 bits per heavy atom. The van der Waals surface area contributed by atoms with Gasteiger partial charge >= 0.3 is 0 Å². The van der Waals surface area contributed by atoms with Gasteiger partial charge in [-0.05, 0) is 56.3 Å². The van der Waals surface area contributed by atoms with Gasteiger partial charge in [-0.15, -0.1) is 11.3 Å². The zero-order chi connectivity index (χ0) is 12.1. The van der Waals surface area contributed by atoms with Crippen molar-refractivity contribution in [1.82, 2.24) is 5.32 Å². The Kier molecular flexibility index (Phi) is 5.01. The Balaban J connectivity index is 1.72. The van der Waals surface area contributed by atoms with E-state index in [9.17, 15) is 0 Å². The molecule has 1 aliphatic rings. The number of thiophene rings is 1. The number of rotatable bonds is 6. The molecule has 3 N–H and O–H groups in total. The highest BCUT2D eigenvalue weighted by Crippen LogP contribution is 2.30. The van der Waals surface area contributed by atoms with Crippen molar-refractivity contribution in [3.05, 3.63) is 21.9 Å². The molecule has 0 aromatic carbocycles. The maximum atomic E-state index is 5.80. The highest BCUT2D eigenvalue weighted by molar-refractivity contribution is 7.11. The predicted molar refractivity (Wildman–Crippen MR) is 75.3 cm³/mol. The minimum atomic E-state index is 0.761. The van der Waals surface area contributed by atoms with Gasteiger partial charge in [0, 0.05) is 16.3 Å². The van der Waals surface area contributed by atoms with Gasteiger partial charge in [-0.2, -0.15) is 0 Å². The summed E-state index contributed by atoms with van der Waals surface area (Å²) in [6.45, 7) is 5.25. The van der Waals surface area contributed by atoms with Crippen molar-refractivity contribution in [2.75, 3.05) is 13.1 Å². The Morgan fingerprint density at radius 3 is 2.76 bits per heavy atom. The fraction of sp³-hybridized carbons (Fsp3) is 0.714.